The second kappa shape index (κ2) is 5.97. The molecule has 0 saturated heterocycles. The first-order valence-electron chi connectivity index (χ1n) is 6.09. The summed E-state index contributed by atoms with van der Waals surface area (Å²) in [6.45, 7) is 1.74. The van der Waals surface area contributed by atoms with E-state index in [2.05, 4.69) is 21.2 Å². The Hall–Kier alpha value is -2.34. The summed E-state index contributed by atoms with van der Waals surface area (Å²) < 4.78 is 0.646. The Labute approximate surface area is 129 Å². The molecule has 0 aromatic heterocycles. The largest absolute Gasteiger partial charge is 0.478 e. The number of rotatable bonds is 3. The van der Waals surface area contributed by atoms with Crippen LogP contribution >= 0.6 is 15.9 Å². The highest BCUT2D eigenvalue weighted by Gasteiger charge is 2.11. The monoisotopic (exact) mass is 348 g/mol. The number of carbonyl (C=O) groups is 2. The van der Waals surface area contributed by atoms with Gasteiger partial charge in [-0.05, 0) is 64.8 Å². The van der Waals surface area contributed by atoms with Gasteiger partial charge in [-0.1, -0.05) is 0 Å². The van der Waals surface area contributed by atoms with Gasteiger partial charge < -0.3 is 16.2 Å². The molecular formula is C15H13BrN2O3. The Bertz CT molecular complexity index is 729. The molecule has 108 valence electrons. The summed E-state index contributed by atoms with van der Waals surface area (Å²) in [5.74, 6) is -1.29. The van der Waals surface area contributed by atoms with Gasteiger partial charge >= 0.3 is 5.97 Å². The van der Waals surface area contributed by atoms with Crippen molar-refractivity contribution in [2.24, 2.45) is 0 Å². The number of halogens is 1. The highest BCUT2D eigenvalue weighted by Crippen LogP contribution is 2.22. The highest BCUT2D eigenvalue weighted by molar-refractivity contribution is 9.10. The van der Waals surface area contributed by atoms with Gasteiger partial charge in [0.2, 0.25) is 0 Å². The Kier molecular flexibility index (Phi) is 4.28. The van der Waals surface area contributed by atoms with Crippen molar-refractivity contribution in [3.63, 3.8) is 0 Å². The minimum atomic E-state index is -1.00. The third kappa shape index (κ3) is 3.41. The second-order valence-corrected chi connectivity index (χ2v) is 5.38. The lowest BCUT2D eigenvalue weighted by molar-refractivity contribution is 0.0696. The quantitative estimate of drug-likeness (QED) is 0.742. The van der Waals surface area contributed by atoms with E-state index in [1.54, 1.807) is 31.2 Å². The van der Waals surface area contributed by atoms with Gasteiger partial charge in [-0.3, -0.25) is 4.79 Å². The normalized spacial score (nSPS) is 10.2. The van der Waals surface area contributed by atoms with Crippen molar-refractivity contribution in [2.75, 3.05) is 11.1 Å². The molecule has 6 heteroatoms. The van der Waals surface area contributed by atoms with Gasteiger partial charge in [0, 0.05) is 21.4 Å². The van der Waals surface area contributed by atoms with Gasteiger partial charge in [-0.2, -0.15) is 0 Å². The molecule has 0 saturated carbocycles. The van der Waals surface area contributed by atoms with E-state index in [1.807, 2.05) is 0 Å². The zero-order valence-corrected chi connectivity index (χ0v) is 12.8. The van der Waals surface area contributed by atoms with Gasteiger partial charge in [0.1, 0.15) is 0 Å². The molecule has 21 heavy (non-hydrogen) atoms. The molecule has 5 nitrogen and oxygen atoms in total. The molecule has 0 radical (unpaired) electrons. The predicted molar refractivity (Wildman–Crippen MR) is 84.6 cm³/mol. The minimum absolute atomic E-state index is 0.181. The molecule has 2 rings (SSSR count). The topological polar surface area (TPSA) is 92.4 Å². The lowest BCUT2D eigenvalue weighted by atomic mass is 10.1. The maximum Gasteiger partial charge on any atom is 0.335 e. The van der Waals surface area contributed by atoms with Crippen molar-refractivity contribution in [1.29, 1.82) is 0 Å². The molecule has 0 unspecified atom stereocenters. The molecule has 0 spiro atoms. The summed E-state index contributed by atoms with van der Waals surface area (Å²) in [4.78, 5) is 23.0. The van der Waals surface area contributed by atoms with E-state index in [9.17, 15) is 9.59 Å². The fourth-order valence-corrected chi connectivity index (χ4v) is 2.18. The lowest BCUT2D eigenvalue weighted by Gasteiger charge is -2.10. The standard InChI is InChI=1S/C15H13BrN2O3/c1-8-6-10(15(20)21)3-5-13(8)18-14(19)9-2-4-12(17)11(16)7-9/h2-7H,17H2,1H3,(H,18,19)(H,20,21). The number of nitrogens with two attached hydrogens (primary N) is 1. The molecule has 0 aliphatic rings. The average Bonchev–Trinajstić information content (AvgIpc) is 2.43. The fraction of sp³-hybridized carbons (Fsp3) is 0.0667. The summed E-state index contributed by atoms with van der Waals surface area (Å²) >= 11 is 3.27. The number of carbonyl (C=O) groups excluding carboxylic acids is 1. The Balaban J connectivity index is 2.23. The smallest absolute Gasteiger partial charge is 0.335 e. The molecule has 0 aliphatic carbocycles. The first-order valence-corrected chi connectivity index (χ1v) is 6.88. The predicted octanol–water partition coefficient (Wildman–Crippen LogP) is 3.29. The molecular weight excluding hydrogens is 336 g/mol. The van der Waals surface area contributed by atoms with Crippen LogP contribution in [-0.4, -0.2) is 17.0 Å². The van der Waals surface area contributed by atoms with Crippen LogP contribution < -0.4 is 11.1 Å². The van der Waals surface area contributed by atoms with E-state index in [0.717, 1.165) is 0 Å². The fourth-order valence-electron chi connectivity index (χ4n) is 1.80. The van der Waals surface area contributed by atoms with Crippen LogP contribution in [0, 0.1) is 6.92 Å². The van der Waals surface area contributed by atoms with Crippen LogP contribution in [0.4, 0.5) is 11.4 Å². The van der Waals surface area contributed by atoms with E-state index in [-0.39, 0.29) is 11.5 Å². The van der Waals surface area contributed by atoms with Crippen molar-refractivity contribution in [2.45, 2.75) is 6.92 Å². The molecule has 4 N–H and O–H groups in total. The molecule has 0 atom stereocenters. The van der Waals surface area contributed by atoms with Crippen molar-refractivity contribution >= 4 is 39.2 Å². The van der Waals surface area contributed by atoms with Crippen molar-refractivity contribution in [3.8, 4) is 0 Å². The summed E-state index contributed by atoms with van der Waals surface area (Å²) in [6.07, 6.45) is 0. The maximum atomic E-state index is 12.2. The Morgan fingerprint density at radius 3 is 2.38 bits per heavy atom. The zero-order valence-electron chi connectivity index (χ0n) is 11.2. The summed E-state index contributed by atoms with van der Waals surface area (Å²) in [6, 6.07) is 9.42. The summed E-state index contributed by atoms with van der Waals surface area (Å²) in [5.41, 5.74) is 8.11. The molecule has 2 aromatic rings. The average molecular weight is 349 g/mol. The van der Waals surface area contributed by atoms with Crippen molar-refractivity contribution in [3.05, 3.63) is 57.6 Å². The van der Waals surface area contributed by atoms with Gasteiger partial charge in [-0.25, -0.2) is 4.79 Å². The first kappa shape index (κ1) is 15.1. The number of carboxylic acids is 1. The lowest BCUT2D eigenvalue weighted by Crippen LogP contribution is -2.13. The third-order valence-corrected chi connectivity index (χ3v) is 3.67. The molecule has 2 aromatic carbocycles. The first-order chi connectivity index (χ1) is 9.88. The van der Waals surface area contributed by atoms with Crippen LogP contribution in [0.15, 0.2) is 40.9 Å². The van der Waals surface area contributed by atoms with Gasteiger partial charge in [0.25, 0.3) is 5.91 Å². The van der Waals surface area contributed by atoms with E-state index in [4.69, 9.17) is 10.8 Å². The van der Waals surface area contributed by atoms with Crippen LogP contribution in [-0.2, 0) is 0 Å². The molecule has 0 heterocycles. The van der Waals surface area contributed by atoms with E-state index in [1.165, 1.54) is 12.1 Å². The Morgan fingerprint density at radius 1 is 1.14 bits per heavy atom. The minimum Gasteiger partial charge on any atom is -0.478 e. The third-order valence-electron chi connectivity index (χ3n) is 2.98. The molecule has 0 fully saturated rings. The maximum absolute atomic E-state index is 12.2. The molecule has 0 bridgehead atoms. The number of benzene rings is 2. The van der Waals surface area contributed by atoms with E-state index >= 15 is 0 Å². The van der Waals surface area contributed by atoms with Crippen molar-refractivity contribution in [1.82, 2.24) is 0 Å². The molecule has 0 aliphatic heterocycles. The number of nitrogens with one attached hydrogen (secondary N) is 1. The Morgan fingerprint density at radius 2 is 1.81 bits per heavy atom. The van der Waals surface area contributed by atoms with Crippen LogP contribution in [0.1, 0.15) is 26.3 Å². The zero-order chi connectivity index (χ0) is 15.6. The summed E-state index contributed by atoms with van der Waals surface area (Å²) in [5, 5.41) is 11.7. The van der Waals surface area contributed by atoms with Crippen molar-refractivity contribution < 1.29 is 14.7 Å². The van der Waals surface area contributed by atoms with E-state index in [0.29, 0.717) is 27.0 Å². The number of nitrogen functional groups attached to an aromatic ring is 1. The van der Waals surface area contributed by atoms with Crippen LogP contribution in [0.25, 0.3) is 0 Å². The highest BCUT2D eigenvalue weighted by atomic mass is 79.9. The SMILES string of the molecule is Cc1cc(C(=O)O)ccc1NC(=O)c1ccc(N)c(Br)c1. The summed E-state index contributed by atoms with van der Waals surface area (Å²) in [7, 11) is 0. The number of aromatic carboxylic acids is 1. The number of aryl methyl sites for hydroxylation is 1. The van der Waals surface area contributed by atoms with Crippen LogP contribution in [0.3, 0.4) is 0 Å². The van der Waals surface area contributed by atoms with Gasteiger partial charge in [0.05, 0.1) is 5.56 Å². The van der Waals surface area contributed by atoms with E-state index < -0.39 is 5.97 Å². The second-order valence-electron chi connectivity index (χ2n) is 4.53. The number of amides is 1. The number of hydrogen-bond donors (Lipinski definition) is 3. The molecule has 1 amide bonds. The number of hydrogen-bond acceptors (Lipinski definition) is 3. The van der Waals surface area contributed by atoms with Gasteiger partial charge in [-0.15, -0.1) is 0 Å². The van der Waals surface area contributed by atoms with Crippen LogP contribution in [0.2, 0.25) is 0 Å². The van der Waals surface area contributed by atoms with Gasteiger partial charge in [0.15, 0.2) is 0 Å². The number of anilines is 2. The number of carboxylic acid groups (broad SMARTS) is 1. The van der Waals surface area contributed by atoms with Crippen LogP contribution in [0.5, 0.6) is 0 Å².